The lowest BCUT2D eigenvalue weighted by Crippen LogP contribution is -2.46. The first-order valence-electron chi connectivity index (χ1n) is 34.0. The van der Waals surface area contributed by atoms with Crippen LogP contribution in [0.15, 0.2) is 12.2 Å². The number of hydrogen-bond acceptors (Lipinski definition) is 6. The number of aliphatic hydroxyl groups excluding tert-OH is 1. The molecule has 2 N–H and O–H groups in total. The van der Waals surface area contributed by atoms with Crippen LogP contribution in [-0.2, 0) is 18.4 Å². The van der Waals surface area contributed by atoms with Crippen LogP contribution in [0.4, 0.5) is 0 Å². The van der Waals surface area contributed by atoms with Gasteiger partial charge in [-0.1, -0.05) is 328 Å². The van der Waals surface area contributed by atoms with Crippen LogP contribution in [0.2, 0.25) is 0 Å². The van der Waals surface area contributed by atoms with Crippen LogP contribution in [0.3, 0.4) is 0 Å². The van der Waals surface area contributed by atoms with Gasteiger partial charge >= 0.3 is 0 Å². The Bertz CT molecular complexity index is 1240. The maximum atomic E-state index is 13.0. The average molecular weight is 1100 g/mol. The highest BCUT2D eigenvalue weighted by Crippen LogP contribution is 2.38. The van der Waals surface area contributed by atoms with Crippen LogP contribution >= 0.6 is 7.82 Å². The number of phosphoric acid groups is 1. The summed E-state index contributed by atoms with van der Waals surface area (Å²) >= 11 is 0. The second kappa shape index (κ2) is 58.9. The van der Waals surface area contributed by atoms with Gasteiger partial charge in [0.25, 0.3) is 7.82 Å². The molecule has 3 unspecified atom stereocenters. The number of likely N-dealkylation sites (N-methyl/N-ethyl adjacent to an activating group) is 1. The molecule has 0 aromatic carbocycles. The number of rotatable bonds is 64. The monoisotopic (exact) mass is 1100 g/mol. The fraction of sp³-hybridized carbons (Fsp3) is 0.955. The molecule has 0 saturated carbocycles. The Labute approximate surface area is 475 Å². The Morgan fingerprint density at radius 3 is 1.03 bits per heavy atom. The lowest BCUT2D eigenvalue weighted by atomic mass is 10.0. The van der Waals surface area contributed by atoms with Gasteiger partial charge in [-0.3, -0.25) is 9.36 Å². The van der Waals surface area contributed by atoms with Gasteiger partial charge in [-0.2, -0.15) is 0 Å². The third-order valence-corrected chi connectivity index (χ3v) is 17.0. The number of nitrogens with one attached hydrogen (secondary N) is 1. The van der Waals surface area contributed by atoms with Crippen molar-refractivity contribution in [2.75, 3.05) is 40.9 Å². The fourth-order valence-corrected chi connectivity index (χ4v) is 11.4. The van der Waals surface area contributed by atoms with Gasteiger partial charge in [0.05, 0.1) is 39.9 Å². The molecule has 0 aromatic heterocycles. The van der Waals surface area contributed by atoms with Crippen molar-refractivity contribution in [2.45, 2.75) is 373 Å². The Hall–Kier alpha value is -0.760. The molecule has 76 heavy (non-hydrogen) atoms. The van der Waals surface area contributed by atoms with E-state index in [0.717, 1.165) is 38.5 Å². The fourth-order valence-electron chi connectivity index (χ4n) is 10.7. The molecule has 0 heterocycles. The topological polar surface area (TPSA) is 108 Å². The predicted octanol–water partition coefficient (Wildman–Crippen LogP) is 20.7. The Balaban J connectivity index is 4.03. The third-order valence-electron chi connectivity index (χ3n) is 16.0. The zero-order valence-electron chi connectivity index (χ0n) is 52.0. The normalized spacial score (nSPS) is 13.7. The molecule has 0 bridgehead atoms. The molecular formula is C67H135N2O6P. The molecule has 0 aromatic rings. The van der Waals surface area contributed by atoms with E-state index >= 15 is 0 Å². The molecule has 0 saturated heterocycles. The van der Waals surface area contributed by atoms with E-state index in [0.29, 0.717) is 23.9 Å². The quantitative estimate of drug-likeness (QED) is 0.0272. The number of unbranched alkanes of at least 4 members (excludes halogenated alkanes) is 49. The van der Waals surface area contributed by atoms with Crippen LogP contribution in [0.25, 0.3) is 0 Å². The van der Waals surface area contributed by atoms with Crippen molar-refractivity contribution in [3.8, 4) is 0 Å². The van der Waals surface area contributed by atoms with Gasteiger partial charge in [0.15, 0.2) is 0 Å². The number of amides is 1. The van der Waals surface area contributed by atoms with E-state index in [2.05, 4.69) is 31.3 Å². The highest BCUT2D eigenvalue weighted by molar-refractivity contribution is 7.45. The second-order valence-electron chi connectivity index (χ2n) is 24.9. The van der Waals surface area contributed by atoms with E-state index in [1.165, 1.54) is 295 Å². The smallest absolute Gasteiger partial charge is 0.268 e. The number of carbonyl (C=O) groups is 1. The van der Waals surface area contributed by atoms with Crippen LogP contribution in [-0.4, -0.2) is 68.5 Å². The maximum Gasteiger partial charge on any atom is 0.268 e. The van der Waals surface area contributed by atoms with Gasteiger partial charge in [0.1, 0.15) is 13.2 Å². The summed E-state index contributed by atoms with van der Waals surface area (Å²) in [4.78, 5) is 25.6. The van der Waals surface area contributed by atoms with E-state index < -0.39 is 20.0 Å². The van der Waals surface area contributed by atoms with Gasteiger partial charge in [-0.05, 0) is 38.5 Å². The largest absolute Gasteiger partial charge is 0.756 e. The summed E-state index contributed by atoms with van der Waals surface area (Å²) in [5, 5.41) is 14.1. The van der Waals surface area contributed by atoms with Crippen LogP contribution in [0, 0.1) is 0 Å². The highest BCUT2D eigenvalue weighted by atomic mass is 31.2. The average Bonchev–Trinajstić information content (AvgIpc) is 3.38. The summed E-state index contributed by atoms with van der Waals surface area (Å²) in [5.41, 5.74) is 0. The highest BCUT2D eigenvalue weighted by Gasteiger charge is 2.24. The molecular weight excluding hydrogens is 960 g/mol. The number of hydrogen-bond donors (Lipinski definition) is 2. The van der Waals surface area contributed by atoms with Gasteiger partial charge in [-0.15, -0.1) is 0 Å². The summed E-state index contributed by atoms with van der Waals surface area (Å²) in [7, 11) is 1.33. The summed E-state index contributed by atoms with van der Waals surface area (Å²) < 4.78 is 23.5. The first kappa shape index (κ1) is 75.2. The van der Waals surface area contributed by atoms with Gasteiger partial charge < -0.3 is 28.8 Å². The first-order chi connectivity index (χ1) is 37.0. The zero-order valence-corrected chi connectivity index (χ0v) is 52.9. The molecule has 0 aliphatic carbocycles. The SMILES string of the molecule is CCCCCCCCCC/C=C\CCCCCCCCCCCCCCCCCC(=O)NC(COP(=O)([O-])OCC[N+](C)(C)C)C(O)CCCCCCCCCCCCCCCCCCCCCCCCCCCCC. The van der Waals surface area contributed by atoms with E-state index in [-0.39, 0.29) is 19.1 Å². The molecule has 0 aliphatic rings. The van der Waals surface area contributed by atoms with Crippen molar-refractivity contribution in [1.29, 1.82) is 0 Å². The molecule has 0 fully saturated rings. The van der Waals surface area contributed by atoms with Gasteiger partial charge in [0.2, 0.25) is 5.91 Å². The van der Waals surface area contributed by atoms with Gasteiger partial charge in [-0.25, -0.2) is 0 Å². The maximum absolute atomic E-state index is 13.0. The minimum Gasteiger partial charge on any atom is -0.756 e. The van der Waals surface area contributed by atoms with Crippen molar-refractivity contribution >= 4 is 13.7 Å². The van der Waals surface area contributed by atoms with Crippen LogP contribution in [0.1, 0.15) is 361 Å². The van der Waals surface area contributed by atoms with Crippen molar-refractivity contribution in [3.05, 3.63) is 12.2 Å². The summed E-state index contributed by atoms with van der Waals surface area (Å²) in [5.74, 6) is -0.156. The molecule has 0 rings (SSSR count). The molecule has 9 heteroatoms. The van der Waals surface area contributed by atoms with E-state index in [1.54, 1.807) is 0 Å². The van der Waals surface area contributed by atoms with E-state index in [9.17, 15) is 19.4 Å². The van der Waals surface area contributed by atoms with E-state index in [1.807, 2.05) is 21.1 Å². The molecule has 1 amide bonds. The summed E-state index contributed by atoms with van der Waals surface area (Å²) in [6, 6.07) is -0.799. The first-order valence-corrected chi connectivity index (χ1v) is 35.5. The molecule has 8 nitrogen and oxygen atoms in total. The Morgan fingerprint density at radius 1 is 0.447 bits per heavy atom. The van der Waals surface area contributed by atoms with Crippen molar-refractivity contribution in [3.63, 3.8) is 0 Å². The van der Waals surface area contributed by atoms with Gasteiger partial charge in [0, 0.05) is 6.42 Å². The lowest BCUT2D eigenvalue weighted by Gasteiger charge is -2.30. The number of nitrogens with zero attached hydrogens (tertiary/aromatic N) is 1. The lowest BCUT2D eigenvalue weighted by molar-refractivity contribution is -0.870. The Kier molecular flexibility index (Phi) is 58.3. The minimum absolute atomic E-state index is 0.0155. The van der Waals surface area contributed by atoms with Crippen molar-refractivity contribution in [2.24, 2.45) is 0 Å². The summed E-state index contributed by atoms with van der Waals surface area (Å²) in [6.45, 7) is 4.79. The standard InChI is InChI=1S/C67H135N2O6P/c1-6-8-10-12-14-16-18-20-22-24-26-28-30-32-34-36-38-40-42-44-46-48-50-52-54-56-58-60-66(70)65(64-75-76(72,73)74-63-62-69(3,4)5)68-67(71)61-59-57-55-53-51-49-47-45-43-41-39-37-35-33-31-29-27-25-23-21-19-17-15-13-11-9-7-2/h25,27,65-66,70H,6-24,26,28-64H2,1-5H3,(H-,68,71,72,73)/b27-25-. The minimum atomic E-state index is -4.58. The molecule has 0 radical (unpaired) electrons. The third kappa shape index (κ3) is 60.9. The molecule has 0 aliphatic heterocycles. The number of carbonyl (C=O) groups excluding carboxylic acids is 1. The number of phosphoric ester groups is 1. The zero-order chi connectivity index (χ0) is 55.6. The van der Waals surface area contributed by atoms with E-state index in [4.69, 9.17) is 9.05 Å². The van der Waals surface area contributed by atoms with Crippen molar-refractivity contribution < 1.29 is 32.9 Å². The van der Waals surface area contributed by atoms with Crippen LogP contribution < -0.4 is 10.2 Å². The summed E-state index contributed by atoms with van der Waals surface area (Å²) in [6.07, 6.45) is 74.2. The second-order valence-corrected chi connectivity index (χ2v) is 26.3. The number of aliphatic hydroxyl groups is 1. The number of quaternary nitrogens is 1. The molecule has 0 spiro atoms. The molecule has 3 atom stereocenters. The molecule has 454 valence electrons. The van der Waals surface area contributed by atoms with Crippen molar-refractivity contribution in [1.82, 2.24) is 5.32 Å². The van der Waals surface area contributed by atoms with Crippen LogP contribution in [0.5, 0.6) is 0 Å². The number of allylic oxidation sites excluding steroid dienone is 2. The predicted molar refractivity (Wildman–Crippen MR) is 330 cm³/mol. The Morgan fingerprint density at radius 2 is 0.724 bits per heavy atom.